The number of cyclic esters (lactones) is 1. The average Bonchev–Trinajstić information content (AvgIpc) is 3.31. The van der Waals surface area contributed by atoms with Crippen molar-refractivity contribution < 1.29 is 37.3 Å². The third-order valence-electron chi connectivity index (χ3n) is 8.18. The number of hydrogen-bond acceptors (Lipinski definition) is 7. The number of alkyl halides is 3. The van der Waals surface area contributed by atoms with Crippen molar-refractivity contribution in [1.29, 1.82) is 0 Å². The summed E-state index contributed by atoms with van der Waals surface area (Å²) in [5, 5.41) is 9.24. The van der Waals surface area contributed by atoms with E-state index in [0.29, 0.717) is 34.0 Å². The minimum atomic E-state index is -4.62. The van der Waals surface area contributed by atoms with Gasteiger partial charge in [-0.2, -0.15) is 13.2 Å². The van der Waals surface area contributed by atoms with Crippen LogP contribution in [0.2, 0.25) is 0 Å². The summed E-state index contributed by atoms with van der Waals surface area (Å²) in [6.07, 6.45) is -2.75. The van der Waals surface area contributed by atoms with E-state index < -0.39 is 29.9 Å². The molecular formula is C35H29F3N4O5. The molecule has 2 aromatic heterocycles. The molecule has 9 nitrogen and oxygen atoms in total. The van der Waals surface area contributed by atoms with Gasteiger partial charge in [0.1, 0.15) is 17.3 Å². The number of benzene rings is 2. The van der Waals surface area contributed by atoms with Crippen LogP contribution in [-0.4, -0.2) is 52.2 Å². The quantitative estimate of drug-likeness (QED) is 0.199. The largest absolute Gasteiger partial charge is 0.496 e. The number of nitrogens with zero attached hydrogens (tertiary/aromatic N) is 4. The van der Waals surface area contributed by atoms with Crippen molar-refractivity contribution in [2.75, 3.05) is 25.1 Å². The molecule has 0 bridgehead atoms. The summed E-state index contributed by atoms with van der Waals surface area (Å²) in [6, 6.07) is 15.7. The van der Waals surface area contributed by atoms with Crippen molar-refractivity contribution in [3.05, 3.63) is 114 Å². The SMILES string of the molecule is C=Cc1cc([C@H]2OC(=O)N(Cc3nc(N4CCC4)ccc3-c3cc(-c4ccc(C(=O)O)nc4)ccc3OC)C2=C)cc(C(F)(F)F)c1. The van der Waals surface area contributed by atoms with Gasteiger partial charge in [-0.05, 0) is 71.6 Å². The molecule has 2 aliphatic heterocycles. The van der Waals surface area contributed by atoms with Gasteiger partial charge in [0, 0.05) is 36.0 Å². The Kier molecular flexibility index (Phi) is 8.18. The van der Waals surface area contributed by atoms with Gasteiger partial charge in [0.15, 0.2) is 6.10 Å². The van der Waals surface area contributed by atoms with Gasteiger partial charge >= 0.3 is 18.2 Å². The lowest BCUT2D eigenvalue weighted by molar-refractivity contribution is -0.137. The molecule has 0 aliphatic carbocycles. The van der Waals surface area contributed by atoms with Crippen LogP contribution in [0.5, 0.6) is 5.75 Å². The Morgan fingerprint density at radius 2 is 1.85 bits per heavy atom. The Morgan fingerprint density at radius 1 is 1.09 bits per heavy atom. The number of methoxy groups -OCH3 is 1. The number of aromatic carboxylic acids is 1. The van der Waals surface area contributed by atoms with Gasteiger partial charge in [-0.3, -0.25) is 4.90 Å². The minimum Gasteiger partial charge on any atom is -0.496 e. The number of amides is 1. The average molecular weight is 643 g/mol. The number of carboxylic acids is 1. The molecule has 0 radical (unpaired) electrons. The van der Waals surface area contributed by atoms with Crippen LogP contribution in [0.3, 0.4) is 0 Å². The van der Waals surface area contributed by atoms with Crippen molar-refractivity contribution in [3.63, 3.8) is 0 Å². The maximum Gasteiger partial charge on any atom is 0.416 e. The molecule has 6 rings (SSSR count). The number of pyridine rings is 2. The van der Waals surface area contributed by atoms with Gasteiger partial charge in [-0.1, -0.05) is 31.4 Å². The topological polar surface area (TPSA) is 105 Å². The van der Waals surface area contributed by atoms with E-state index in [1.54, 1.807) is 12.1 Å². The van der Waals surface area contributed by atoms with E-state index in [-0.39, 0.29) is 29.1 Å². The van der Waals surface area contributed by atoms with E-state index in [1.807, 2.05) is 24.3 Å². The summed E-state index contributed by atoms with van der Waals surface area (Å²) >= 11 is 0. The van der Waals surface area contributed by atoms with Crippen LogP contribution in [0, 0.1) is 0 Å². The Hall–Kier alpha value is -5.65. The lowest BCUT2D eigenvalue weighted by atomic mass is 9.97. The Morgan fingerprint density at radius 3 is 2.47 bits per heavy atom. The zero-order valence-corrected chi connectivity index (χ0v) is 25.3. The van der Waals surface area contributed by atoms with Crippen molar-refractivity contribution in [1.82, 2.24) is 14.9 Å². The molecule has 12 heteroatoms. The summed E-state index contributed by atoms with van der Waals surface area (Å²) in [5.74, 6) is 0.0931. The molecule has 4 heterocycles. The smallest absolute Gasteiger partial charge is 0.416 e. The number of ether oxygens (including phenoxy) is 2. The van der Waals surface area contributed by atoms with Crippen molar-refractivity contribution in [2.24, 2.45) is 0 Å². The van der Waals surface area contributed by atoms with E-state index in [1.165, 1.54) is 36.4 Å². The number of aromatic nitrogens is 2. The summed E-state index contributed by atoms with van der Waals surface area (Å²) in [4.78, 5) is 36.9. The molecule has 47 heavy (non-hydrogen) atoms. The zero-order chi connectivity index (χ0) is 33.5. The van der Waals surface area contributed by atoms with Crippen LogP contribution in [-0.2, 0) is 17.5 Å². The summed E-state index contributed by atoms with van der Waals surface area (Å²) in [6.45, 7) is 9.20. The van der Waals surface area contributed by atoms with Gasteiger partial charge in [-0.25, -0.2) is 19.6 Å². The second-order valence-corrected chi connectivity index (χ2v) is 11.1. The predicted octanol–water partition coefficient (Wildman–Crippen LogP) is 7.60. The van der Waals surface area contributed by atoms with E-state index in [4.69, 9.17) is 14.5 Å². The van der Waals surface area contributed by atoms with Crippen LogP contribution in [0.15, 0.2) is 85.7 Å². The van der Waals surface area contributed by atoms with Crippen LogP contribution >= 0.6 is 0 Å². The van der Waals surface area contributed by atoms with Crippen LogP contribution in [0.4, 0.5) is 23.8 Å². The van der Waals surface area contributed by atoms with Gasteiger partial charge < -0.3 is 19.5 Å². The molecule has 2 fully saturated rings. The first-order valence-electron chi connectivity index (χ1n) is 14.6. The second kappa shape index (κ2) is 12.3. The molecule has 1 amide bonds. The summed E-state index contributed by atoms with van der Waals surface area (Å²) in [7, 11) is 1.53. The fourth-order valence-electron chi connectivity index (χ4n) is 5.54. The first kappa shape index (κ1) is 31.3. The van der Waals surface area contributed by atoms with Crippen molar-refractivity contribution in [2.45, 2.75) is 25.2 Å². The molecule has 0 saturated carbocycles. The van der Waals surface area contributed by atoms with Crippen LogP contribution < -0.4 is 9.64 Å². The number of hydrogen-bond donors (Lipinski definition) is 1. The van der Waals surface area contributed by atoms with Crippen LogP contribution in [0.25, 0.3) is 28.3 Å². The van der Waals surface area contributed by atoms with Gasteiger partial charge in [0.05, 0.1) is 30.6 Å². The molecule has 4 aromatic rings. The maximum atomic E-state index is 13.7. The van der Waals surface area contributed by atoms with Crippen molar-refractivity contribution >= 4 is 24.0 Å². The lowest BCUT2D eigenvalue weighted by Gasteiger charge is -2.32. The lowest BCUT2D eigenvalue weighted by Crippen LogP contribution is -2.37. The van der Waals surface area contributed by atoms with E-state index in [0.717, 1.165) is 37.2 Å². The highest BCUT2D eigenvalue weighted by molar-refractivity contribution is 5.86. The summed E-state index contributed by atoms with van der Waals surface area (Å²) in [5.41, 5.74) is 2.71. The molecule has 0 spiro atoms. The molecule has 0 unspecified atom stereocenters. The highest BCUT2D eigenvalue weighted by Crippen LogP contribution is 2.42. The highest BCUT2D eigenvalue weighted by Gasteiger charge is 2.39. The van der Waals surface area contributed by atoms with Gasteiger partial charge in [-0.15, -0.1) is 0 Å². The normalized spacial score (nSPS) is 16.1. The number of rotatable bonds is 9. The summed E-state index contributed by atoms with van der Waals surface area (Å²) < 4.78 is 52.3. The first-order chi connectivity index (χ1) is 22.5. The molecule has 2 aromatic carbocycles. The highest BCUT2D eigenvalue weighted by atomic mass is 19.4. The number of anilines is 1. The monoisotopic (exact) mass is 642 g/mol. The number of carbonyl (C=O) groups is 2. The Labute approximate surface area is 268 Å². The van der Waals surface area contributed by atoms with E-state index in [2.05, 4.69) is 23.0 Å². The first-order valence-corrected chi connectivity index (χ1v) is 14.6. The Balaban J connectivity index is 1.39. The van der Waals surface area contributed by atoms with Gasteiger partial charge in [0.25, 0.3) is 0 Å². The van der Waals surface area contributed by atoms with E-state index in [9.17, 15) is 27.9 Å². The zero-order valence-electron chi connectivity index (χ0n) is 25.3. The predicted molar refractivity (Wildman–Crippen MR) is 169 cm³/mol. The van der Waals surface area contributed by atoms with E-state index >= 15 is 0 Å². The number of carbonyl (C=O) groups excluding carboxylic acids is 1. The Bertz CT molecular complexity index is 1900. The minimum absolute atomic E-state index is 0.0826. The molecule has 1 atom stereocenters. The fraction of sp³-hybridized carbons (Fsp3) is 0.200. The number of halogens is 3. The molecular weight excluding hydrogens is 613 g/mol. The molecule has 2 aliphatic rings. The van der Waals surface area contributed by atoms with Crippen LogP contribution in [0.1, 0.15) is 45.4 Å². The molecule has 240 valence electrons. The molecule has 1 N–H and O–H groups in total. The third kappa shape index (κ3) is 6.14. The van der Waals surface area contributed by atoms with Gasteiger partial charge in [0.2, 0.25) is 0 Å². The fourth-order valence-corrected chi connectivity index (χ4v) is 5.54. The maximum absolute atomic E-state index is 13.7. The standard InChI is InChI=1S/C35H29F3N4O5/c1-4-21-14-24(16-25(15-21)35(36,37)38)32-20(2)42(34(45)47-32)19-29-26(8-11-31(40-29)41-12-5-13-41)27-17-22(7-10-30(27)46-3)23-6-9-28(33(43)44)39-18-23/h4,6-11,14-18,32H,1-2,5,12-13,19H2,3H3,(H,43,44)/t32-/m0/s1. The molecule has 2 saturated heterocycles. The second-order valence-electron chi connectivity index (χ2n) is 11.1. The number of carboxylic acid groups (broad SMARTS) is 1. The van der Waals surface area contributed by atoms with Crippen molar-refractivity contribution in [3.8, 4) is 28.0 Å². The third-order valence-corrected chi connectivity index (χ3v) is 8.18.